The molecule has 1 aromatic rings. The molecular weight excluding hydrogens is 478 g/mol. The molecule has 3 amide bonds. The number of hydrogen-bond donors (Lipinski definition) is 2. The lowest BCUT2D eigenvalue weighted by Crippen LogP contribution is -2.53. The summed E-state index contributed by atoms with van der Waals surface area (Å²) in [7, 11) is 0. The van der Waals surface area contributed by atoms with Gasteiger partial charge in [-0.15, -0.1) is 0 Å². The monoisotopic (exact) mass is 531 g/mol. The Hall–Kier alpha value is -2.57. The zero-order valence-electron chi connectivity index (χ0n) is 25.4. The molecule has 7 nitrogen and oxygen atoms in total. The van der Waals surface area contributed by atoms with E-state index in [-0.39, 0.29) is 17.7 Å². The van der Waals surface area contributed by atoms with Gasteiger partial charge in [-0.1, -0.05) is 71.6 Å². The molecule has 0 bridgehead atoms. The molecule has 0 radical (unpaired) electrons. The normalized spacial score (nSPS) is 13.1. The van der Waals surface area contributed by atoms with Crippen LogP contribution in [0.4, 0.5) is 4.79 Å². The van der Waals surface area contributed by atoms with Gasteiger partial charge >= 0.3 is 6.09 Å². The van der Waals surface area contributed by atoms with Crippen LogP contribution in [0.2, 0.25) is 0 Å². The quantitative estimate of drug-likeness (QED) is 0.249. The van der Waals surface area contributed by atoms with E-state index in [0.29, 0.717) is 19.5 Å². The fourth-order valence-electron chi connectivity index (χ4n) is 4.31. The maximum Gasteiger partial charge on any atom is 0.408 e. The average molecular weight is 532 g/mol. The van der Waals surface area contributed by atoms with Gasteiger partial charge in [-0.3, -0.25) is 9.59 Å². The maximum absolute atomic E-state index is 14.2. The highest BCUT2D eigenvalue weighted by Gasteiger charge is 2.36. The van der Waals surface area contributed by atoms with Crippen molar-refractivity contribution < 1.29 is 19.1 Å². The Balaban J connectivity index is 3.49. The Labute approximate surface area is 231 Å². The fraction of sp³-hybridized carbons (Fsp3) is 0.710. The summed E-state index contributed by atoms with van der Waals surface area (Å²) < 4.78 is 5.48. The van der Waals surface area contributed by atoms with Crippen molar-refractivity contribution in [2.45, 2.75) is 125 Å². The molecule has 0 aliphatic carbocycles. The minimum atomic E-state index is -0.798. The second kappa shape index (κ2) is 16.4. The Morgan fingerprint density at radius 1 is 0.947 bits per heavy atom. The molecule has 38 heavy (non-hydrogen) atoms. The lowest BCUT2D eigenvalue weighted by Gasteiger charge is -2.35. The van der Waals surface area contributed by atoms with Crippen molar-refractivity contribution in [2.24, 2.45) is 5.92 Å². The van der Waals surface area contributed by atoms with Crippen LogP contribution in [0.5, 0.6) is 0 Å². The van der Waals surface area contributed by atoms with Crippen LogP contribution in [-0.2, 0) is 14.3 Å². The van der Waals surface area contributed by atoms with Gasteiger partial charge in [0.15, 0.2) is 0 Å². The molecule has 0 spiro atoms. The standard InChI is InChI=1S/C31H53N3O4/c1-10-12-14-15-19-34(29(36)26(20-22(3)4)33-30(37)38-31(7,8)9)27(28(35)32-18-13-11-2)25-17-16-23(5)24(6)21-25/h16-17,21-22,26-27H,10-15,18-20H2,1-9H3,(H,32,35)(H,33,37). The van der Waals surface area contributed by atoms with E-state index in [1.807, 2.05) is 45.9 Å². The number of benzene rings is 1. The van der Waals surface area contributed by atoms with E-state index in [0.717, 1.165) is 55.2 Å². The van der Waals surface area contributed by atoms with E-state index < -0.39 is 23.8 Å². The van der Waals surface area contributed by atoms with E-state index >= 15 is 0 Å². The molecule has 2 N–H and O–H groups in total. The van der Waals surface area contributed by atoms with Gasteiger partial charge < -0.3 is 20.3 Å². The van der Waals surface area contributed by atoms with Gasteiger partial charge in [0, 0.05) is 13.1 Å². The van der Waals surface area contributed by atoms with Crippen LogP contribution in [0, 0.1) is 19.8 Å². The number of ether oxygens (including phenoxy) is 1. The zero-order chi connectivity index (χ0) is 28.9. The minimum Gasteiger partial charge on any atom is -0.444 e. The van der Waals surface area contributed by atoms with Gasteiger partial charge in [0.1, 0.15) is 17.7 Å². The van der Waals surface area contributed by atoms with Crippen LogP contribution < -0.4 is 10.6 Å². The van der Waals surface area contributed by atoms with Gasteiger partial charge in [0.05, 0.1) is 0 Å². The van der Waals surface area contributed by atoms with Crippen LogP contribution in [-0.4, -0.2) is 47.5 Å². The van der Waals surface area contributed by atoms with E-state index in [4.69, 9.17) is 4.74 Å². The second-order valence-corrected chi connectivity index (χ2v) is 11.8. The third-order valence-corrected chi connectivity index (χ3v) is 6.47. The topological polar surface area (TPSA) is 87.7 Å². The van der Waals surface area contributed by atoms with Crippen LogP contribution >= 0.6 is 0 Å². The Bertz CT molecular complexity index is 892. The lowest BCUT2D eigenvalue weighted by molar-refractivity contribution is -0.143. The number of rotatable bonds is 15. The van der Waals surface area contributed by atoms with Crippen molar-refractivity contribution in [1.29, 1.82) is 0 Å². The number of amides is 3. The Morgan fingerprint density at radius 3 is 2.16 bits per heavy atom. The summed E-state index contributed by atoms with van der Waals surface area (Å²) in [4.78, 5) is 42.3. The molecule has 2 atom stereocenters. The third kappa shape index (κ3) is 11.9. The van der Waals surface area contributed by atoms with Crippen molar-refractivity contribution in [2.75, 3.05) is 13.1 Å². The molecule has 7 heteroatoms. The van der Waals surface area contributed by atoms with Crippen LogP contribution in [0.1, 0.15) is 116 Å². The average Bonchev–Trinajstić information content (AvgIpc) is 2.80. The summed E-state index contributed by atoms with van der Waals surface area (Å²) in [6, 6.07) is 4.37. The predicted molar refractivity (Wildman–Crippen MR) is 155 cm³/mol. The summed E-state index contributed by atoms with van der Waals surface area (Å²) in [6.07, 6.45) is 5.53. The van der Waals surface area contributed by atoms with Crippen molar-refractivity contribution in [3.8, 4) is 0 Å². The number of unbranched alkanes of at least 4 members (excludes halogenated alkanes) is 4. The Kier molecular flexibility index (Phi) is 14.4. The van der Waals surface area contributed by atoms with Gasteiger partial charge in [-0.25, -0.2) is 4.79 Å². The number of aryl methyl sites for hydroxylation is 2. The smallest absolute Gasteiger partial charge is 0.408 e. The first-order valence-corrected chi connectivity index (χ1v) is 14.5. The molecule has 1 aromatic carbocycles. The molecule has 0 saturated heterocycles. The molecular formula is C31H53N3O4. The van der Waals surface area contributed by atoms with Crippen LogP contribution in [0.15, 0.2) is 18.2 Å². The van der Waals surface area contributed by atoms with Crippen LogP contribution in [0.3, 0.4) is 0 Å². The van der Waals surface area contributed by atoms with E-state index in [2.05, 4.69) is 24.5 Å². The first-order valence-electron chi connectivity index (χ1n) is 14.5. The highest BCUT2D eigenvalue weighted by Crippen LogP contribution is 2.26. The first-order chi connectivity index (χ1) is 17.8. The summed E-state index contributed by atoms with van der Waals surface area (Å²) in [6.45, 7) is 18.7. The molecule has 0 fully saturated rings. The van der Waals surface area contributed by atoms with Crippen molar-refractivity contribution >= 4 is 17.9 Å². The van der Waals surface area contributed by atoms with E-state index in [1.54, 1.807) is 25.7 Å². The molecule has 0 heterocycles. The summed E-state index contributed by atoms with van der Waals surface area (Å²) in [5, 5.41) is 5.88. The summed E-state index contributed by atoms with van der Waals surface area (Å²) in [5.41, 5.74) is 2.30. The van der Waals surface area contributed by atoms with Gasteiger partial charge in [-0.05, 0) is 76.5 Å². The predicted octanol–water partition coefficient (Wildman–Crippen LogP) is 6.61. The fourth-order valence-corrected chi connectivity index (χ4v) is 4.31. The van der Waals surface area contributed by atoms with E-state index in [9.17, 15) is 14.4 Å². The number of hydrogen-bond acceptors (Lipinski definition) is 4. The second-order valence-electron chi connectivity index (χ2n) is 11.8. The molecule has 2 unspecified atom stereocenters. The summed E-state index contributed by atoms with van der Waals surface area (Å²) in [5.74, 6) is -0.291. The van der Waals surface area contributed by atoms with Gasteiger partial charge in [-0.2, -0.15) is 0 Å². The lowest BCUT2D eigenvalue weighted by atomic mass is 9.96. The minimum absolute atomic E-state index is 0.152. The van der Waals surface area contributed by atoms with Crippen molar-refractivity contribution in [1.82, 2.24) is 15.5 Å². The van der Waals surface area contributed by atoms with E-state index in [1.165, 1.54) is 0 Å². The number of nitrogens with one attached hydrogen (secondary N) is 2. The third-order valence-electron chi connectivity index (χ3n) is 6.47. The van der Waals surface area contributed by atoms with Gasteiger partial charge in [0.2, 0.25) is 11.8 Å². The number of carbonyl (C=O) groups is 3. The molecule has 0 saturated carbocycles. The SMILES string of the molecule is CCCCCCN(C(=O)C(CC(C)C)NC(=O)OC(C)(C)C)C(C(=O)NCCCC)c1ccc(C)c(C)c1. The number of nitrogens with zero attached hydrogens (tertiary/aromatic N) is 1. The number of carbonyl (C=O) groups excluding carboxylic acids is 3. The van der Waals surface area contributed by atoms with Crippen molar-refractivity contribution in [3.05, 3.63) is 34.9 Å². The Morgan fingerprint density at radius 2 is 1.61 bits per heavy atom. The molecule has 0 aromatic heterocycles. The molecule has 0 aliphatic heterocycles. The van der Waals surface area contributed by atoms with Crippen LogP contribution in [0.25, 0.3) is 0 Å². The first kappa shape index (κ1) is 33.5. The number of alkyl carbamates (subject to hydrolysis) is 1. The summed E-state index contributed by atoms with van der Waals surface area (Å²) >= 11 is 0. The molecule has 1 rings (SSSR count). The molecule has 216 valence electrons. The highest BCUT2D eigenvalue weighted by atomic mass is 16.6. The van der Waals surface area contributed by atoms with Gasteiger partial charge in [0.25, 0.3) is 0 Å². The largest absolute Gasteiger partial charge is 0.444 e. The molecule has 0 aliphatic rings. The highest BCUT2D eigenvalue weighted by molar-refractivity contribution is 5.92. The van der Waals surface area contributed by atoms with Crippen molar-refractivity contribution in [3.63, 3.8) is 0 Å². The zero-order valence-corrected chi connectivity index (χ0v) is 25.4. The maximum atomic E-state index is 14.2.